The van der Waals surface area contributed by atoms with Crippen LogP contribution < -0.4 is 10.0 Å². The summed E-state index contributed by atoms with van der Waals surface area (Å²) in [5, 5.41) is 30.2. The number of hydrogen-bond acceptors (Lipinski definition) is 6. The SMILES string of the molecule is Cc1cc(S(=O)(=O)NCc2ccc(C(=O)N[C@@H](CC(=O)O)C(O)CF)cc2)ccc1O. The quantitative estimate of drug-likeness (QED) is 0.360. The number of aliphatic hydroxyl groups is 1. The molecule has 0 spiro atoms. The molecule has 11 heteroatoms. The normalized spacial score (nSPS) is 13.4. The van der Waals surface area contributed by atoms with E-state index in [4.69, 9.17) is 5.11 Å². The van der Waals surface area contributed by atoms with Gasteiger partial charge in [-0.3, -0.25) is 9.59 Å². The molecule has 0 aliphatic heterocycles. The number of carbonyl (C=O) groups excluding carboxylic acids is 1. The topological polar surface area (TPSA) is 153 Å². The fraction of sp³-hybridized carbons (Fsp3) is 0.300. The highest BCUT2D eigenvalue weighted by Gasteiger charge is 2.24. The van der Waals surface area contributed by atoms with E-state index in [0.29, 0.717) is 11.1 Å². The standard InChI is InChI=1S/C20H23FN2O7S/c1-12-8-15(6-7-17(12)24)31(29,30)22-11-13-2-4-14(5-3-13)20(28)23-16(9-19(26)27)18(25)10-21/h2-8,16,18,22,24-25H,9-11H2,1H3,(H,23,28)(H,26,27)/t16-,18?/m0/s1. The van der Waals surface area contributed by atoms with E-state index < -0.39 is 47.1 Å². The molecule has 2 rings (SSSR count). The molecule has 5 N–H and O–H groups in total. The van der Waals surface area contributed by atoms with E-state index in [0.717, 1.165) is 0 Å². The van der Waals surface area contributed by atoms with Gasteiger partial charge in [-0.25, -0.2) is 17.5 Å². The first-order valence-electron chi connectivity index (χ1n) is 9.18. The molecule has 0 heterocycles. The van der Waals surface area contributed by atoms with Gasteiger partial charge in [0, 0.05) is 12.1 Å². The Labute approximate surface area is 178 Å². The molecular formula is C20H23FN2O7S. The van der Waals surface area contributed by atoms with Crippen LogP contribution in [0.15, 0.2) is 47.4 Å². The highest BCUT2D eigenvalue weighted by molar-refractivity contribution is 7.89. The summed E-state index contributed by atoms with van der Waals surface area (Å²) in [4.78, 5) is 23.1. The van der Waals surface area contributed by atoms with Crippen LogP contribution in [-0.2, 0) is 21.4 Å². The number of alkyl halides is 1. The Morgan fingerprint density at radius 2 is 1.77 bits per heavy atom. The van der Waals surface area contributed by atoms with E-state index in [1.807, 2.05) is 0 Å². The number of phenolic OH excluding ortho intramolecular Hbond substituents is 1. The molecule has 0 bridgehead atoms. The van der Waals surface area contributed by atoms with Crippen LogP contribution in [0, 0.1) is 6.92 Å². The third kappa shape index (κ3) is 6.74. The minimum Gasteiger partial charge on any atom is -0.508 e. The van der Waals surface area contributed by atoms with Crippen LogP contribution in [0.2, 0.25) is 0 Å². The second kappa shape index (κ2) is 10.3. The predicted molar refractivity (Wildman–Crippen MR) is 109 cm³/mol. The molecule has 0 aliphatic carbocycles. The van der Waals surface area contributed by atoms with Gasteiger partial charge < -0.3 is 20.6 Å². The van der Waals surface area contributed by atoms with Gasteiger partial charge in [0.05, 0.1) is 17.4 Å². The molecule has 0 aliphatic rings. The van der Waals surface area contributed by atoms with Gasteiger partial charge >= 0.3 is 5.97 Å². The third-order valence-corrected chi connectivity index (χ3v) is 5.89. The van der Waals surface area contributed by atoms with Gasteiger partial charge in [-0.05, 0) is 48.4 Å². The molecule has 2 aromatic rings. The van der Waals surface area contributed by atoms with Crippen molar-refractivity contribution in [3.63, 3.8) is 0 Å². The summed E-state index contributed by atoms with van der Waals surface area (Å²) in [6, 6.07) is 8.38. The number of aliphatic carboxylic acids is 1. The van der Waals surface area contributed by atoms with Gasteiger partial charge in [-0.2, -0.15) is 0 Å². The number of carboxylic acids is 1. The lowest BCUT2D eigenvalue weighted by molar-refractivity contribution is -0.138. The largest absolute Gasteiger partial charge is 0.508 e. The molecule has 2 atom stereocenters. The zero-order valence-electron chi connectivity index (χ0n) is 16.6. The summed E-state index contributed by atoms with van der Waals surface area (Å²) in [6.45, 7) is 0.302. The van der Waals surface area contributed by atoms with Crippen LogP contribution in [0.25, 0.3) is 0 Å². The average Bonchev–Trinajstić information content (AvgIpc) is 2.73. The van der Waals surface area contributed by atoms with Crippen LogP contribution in [-0.4, -0.2) is 54.4 Å². The van der Waals surface area contributed by atoms with Crippen molar-refractivity contribution in [1.82, 2.24) is 10.0 Å². The van der Waals surface area contributed by atoms with Crippen molar-refractivity contribution in [1.29, 1.82) is 0 Å². The smallest absolute Gasteiger partial charge is 0.305 e. The van der Waals surface area contributed by atoms with E-state index in [2.05, 4.69) is 10.0 Å². The fourth-order valence-electron chi connectivity index (χ4n) is 2.66. The highest BCUT2D eigenvalue weighted by Crippen LogP contribution is 2.20. The Balaban J connectivity index is 2.03. The molecule has 0 radical (unpaired) electrons. The van der Waals surface area contributed by atoms with Crippen molar-refractivity contribution in [2.24, 2.45) is 0 Å². The van der Waals surface area contributed by atoms with E-state index in [9.17, 15) is 32.6 Å². The lowest BCUT2D eigenvalue weighted by Crippen LogP contribution is -2.45. The van der Waals surface area contributed by atoms with Gasteiger partial charge in [0.15, 0.2) is 0 Å². The van der Waals surface area contributed by atoms with Gasteiger partial charge in [-0.15, -0.1) is 0 Å². The van der Waals surface area contributed by atoms with Crippen molar-refractivity contribution < 1.29 is 37.7 Å². The first-order chi connectivity index (χ1) is 14.5. The first-order valence-corrected chi connectivity index (χ1v) is 10.7. The molecule has 2 aromatic carbocycles. The third-order valence-electron chi connectivity index (χ3n) is 4.49. The van der Waals surface area contributed by atoms with Crippen LogP contribution in [0.3, 0.4) is 0 Å². The van der Waals surface area contributed by atoms with E-state index in [1.165, 1.54) is 42.5 Å². The molecule has 0 fully saturated rings. The van der Waals surface area contributed by atoms with E-state index >= 15 is 0 Å². The van der Waals surface area contributed by atoms with E-state index in [1.54, 1.807) is 6.92 Å². The average molecular weight is 454 g/mol. The summed E-state index contributed by atoms with van der Waals surface area (Å²) in [5.74, 6) is -2.02. The molecule has 0 saturated carbocycles. The lowest BCUT2D eigenvalue weighted by atomic mass is 10.1. The molecule has 31 heavy (non-hydrogen) atoms. The number of halogens is 1. The summed E-state index contributed by atoms with van der Waals surface area (Å²) in [5.41, 5.74) is 1.08. The maximum atomic E-state index is 12.7. The number of rotatable bonds is 10. The van der Waals surface area contributed by atoms with Gasteiger partial charge in [0.2, 0.25) is 10.0 Å². The number of phenols is 1. The minimum absolute atomic E-state index is 0.00492. The Bertz CT molecular complexity index is 1040. The van der Waals surface area contributed by atoms with Crippen molar-refractivity contribution in [3.05, 3.63) is 59.2 Å². The Morgan fingerprint density at radius 1 is 1.13 bits per heavy atom. The van der Waals surface area contributed by atoms with Crippen molar-refractivity contribution >= 4 is 21.9 Å². The number of amides is 1. The number of aliphatic hydroxyl groups excluding tert-OH is 1. The number of carbonyl (C=O) groups is 2. The van der Waals surface area contributed by atoms with Gasteiger partial charge in [0.1, 0.15) is 18.5 Å². The molecule has 1 amide bonds. The number of aromatic hydroxyl groups is 1. The maximum Gasteiger partial charge on any atom is 0.305 e. The first kappa shape index (κ1) is 24.3. The molecule has 0 aromatic heterocycles. The number of benzene rings is 2. The molecule has 168 valence electrons. The molecule has 0 saturated heterocycles. The van der Waals surface area contributed by atoms with Crippen LogP contribution in [0.1, 0.15) is 27.9 Å². The number of carboxylic acid groups (broad SMARTS) is 1. The summed E-state index contributed by atoms with van der Waals surface area (Å²) < 4.78 is 39.9. The summed E-state index contributed by atoms with van der Waals surface area (Å²) in [6.07, 6.45) is -2.30. The zero-order chi connectivity index (χ0) is 23.2. The van der Waals surface area contributed by atoms with Crippen LogP contribution >= 0.6 is 0 Å². The van der Waals surface area contributed by atoms with Crippen molar-refractivity contribution in [2.45, 2.75) is 36.9 Å². The number of sulfonamides is 1. The van der Waals surface area contributed by atoms with Crippen molar-refractivity contribution in [2.75, 3.05) is 6.67 Å². The predicted octanol–water partition coefficient (Wildman–Crippen LogP) is 1.08. The summed E-state index contributed by atoms with van der Waals surface area (Å²) >= 11 is 0. The van der Waals surface area contributed by atoms with E-state index in [-0.39, 0.29) is 22.8 Å². The monoisotopic (exact) mass is 454 g/mol. The fourth-order valence-corrected chi connectivity index (χ4v) is 3.76. The lowest BCUT2D eigenvalue weighted by Gasteiger charge is -2.20. The van der Waals surface area contributed by atoms with Crippen LogP contribution in [0.4, 0.5) is 4.39 Å². The maximum absolute atomic E-state index is 12.7. The zero-order valence-corrected chi connectivity index (χ0v) is 17.4. The van der Waals surface area contributed by atoms with Gasteiger partial charge in [-0.1, -0.05) is 12.1 Å². The highest BCUT2D eigenvalue weighted by atomic mass is 32.2. The molecular weight excluding hydrogens is 431 g/mol. The van der Waals surface area contributed by atoms with Crippen LogP contribution in [0.5, 0.6) is 5.75 Å². The minimum atomic E-state index is -3.82. The summed E-state index contributed by atoms with van der Waals surface area (Å²) in [7, 11) is -3.82. The number of hydrogen-bond donors (Lipinski definition) is 5. The van der Waals surface area contributed by atoms with Crippen molar-refractivity contribution in [3.8, 4) is 5.75 Å². The Hall–Kier alpha value is -3.02. The second-order valence-electron chi connectivity index (χ2n) is 6.87. The Kier molecular flexibility index (Phi) is 8.08. The molecule has 1 unspecified atom stereocenters. The number of nitrogens with one attached hydrogen (secondary N) is 2. The Morgan fingerprint density at radius 3 is 2.32 bits per heavy atom. The second-order valence-corrected chi connectivity index (χ2v) is 8.64. The number of aryl methyl sites for hydroxylation is 1. The molecule has 9 nitrogen and oxygen atoms in total. The van der Waals surface area contributed by atoms with Gasteiger partial charge in [0.25, 0.3) is 5.91 Å².